The van der Waals surface area contributed by atoms with E-state index in [0.29, 0.717) is 13.0 Å². The molecule has 0 radical (unpaired) electrons. The maximum absolute atomic E-state index is 11.3. The number of hydrogen-bond acceptors (Lipinski definition) is 7. The van der Waals surface area contributed by atoms with Crippen LogP contribution in [0.5, 0.6) is 5.75 Å². The molecule has 0 spiro atoms. The highest BCUT2D eigenvalue weighted by Crippen LogP contribution is 2.40. The third-order valence-electron chi connectivity index (χ3n) is 4.70. The molecule has 172 valence electrons. The fourth-order valence-electron chi connectivity index (χ4n) is 3.00. The van der Waals surface area contributed by atoms with E-state index in [1.54, 1.807) is 26.4 Å². The van der Waals surface area contributed by atoms with Crippen LogP contribution >= 0.6 is 0 Å². The maximum Gasteiger partial charge on any atom is 0.309 e. The second kappa shape index (κ2) is 11.2. The highest BCUT2D eigenvalue weighted by atomic mass is 32.2. The molecule has 0 saturated carbocycles. The van der Waals surface area contributed by atoms with E-state index in [-0.39, 0.29) is 22.8 Å². The van der Waals surface area contributed by atoms with Crippen LogP contribution in [0.4, 0.5) is 0 Å². The summed E-state index contributed by atoms with van der Waals surface area (Å²) in [7, 11) is 0.559. The number of fused-ring (bicyclic) bond motifs is 1. The van der Waals surface area contributed by atoms with Gasteiger partial charge in [0, 0.05) is 20.6 Å². The van der Waals surface area contributed by atoms with Crippen molar-refractivity contribution in [1.82, 2.24) is 0 Å². The largest absolute Gasteiger partial charge is 0.493 e. The molecule has 0 saturated heterocycles. The van der Waals surface area contributed by atoms with Crippen molar-refractivity contribution in [3.8, 4) is 5.75 Å². The average molecular weight is 457 g/mol. The number of esters is 1. The van der Waals surface area contributed by atoms with Gasteiger partial charge < -0.3 is 24.4 Å². The topological polar surface area (TPSA) is 140 Å². The summed E-state index contributed by atoms with van der Waals surface area (Å²) in [5.41, 5.74) is 2.61. The number of aryl methyl sites for hydroxylation is 1. The minimum absolute atomic E-state index is 0. The summed E-state index contributed by atoms with van der Waals surface area (Å²) in [5, 5.41) is 0. The lowest BCUT2D eigenvalue weighted by atomic mass is 9.96. The van der Waals surface area contributed by atoms with Gasteiger partial charge in [0.25, 0.3) is 10.1 Å². The monoisotopic (exact) mass is 456 g/mol. The van der Waals surface area contributed by atoms with Gasteiger partial charge in [-0.3, -0.25) is 9.35 Å². The lowest BCUT2D eigenvalue weighted by Crippen LogP contribution is -2.36. The standard InChI is InChI=1S/C14H18O5.C7H8O3S.H2O/c1-16-13(15)9-10-4-5-12-11(8-10)14(17-2,18-3)6-7-19-12;1-6-2-4-7(5-3-6)11(8,9)10;/h4-5,8H,6-7,9H2,1-3H3;2-5H,1H3,(H,8,9,10);1H2. The molecule has 0 aromatic heterocycles. The minimum Gasteiger partial charge on any atom is -0.493 e. The highest BCUT2D eigenvalue weighted by Gasteiger charge is 2.38. The van der Waals surface area contributed by atoms with Crippen LogP contribution in [0.15, 0.2) is 47.4 Å². The van der Waals surface area contributed by atoms with E-state index in [9.17, 15) is 13.2 Å². The molecular weight excluding hydrogens is 428 g/mol. The van der Waals surface area contributed by atoms with E-state index in [0.717, 1.165) is 22.4 Å². The van der Waals surface area contributed by atoms with E-state index in [1.807, 2.05) is 25.1 Å². The number of rotatable bonds is 5. The average Bonchev–Trinajstić information content (AvgIpc) is 2.73. The molecule has 0 aliphatic carbocycles. The van der Waals surface area contributed by atoms with Gasteiger partial charge in [-0.1, -0.05) is 23.8 Å². The summed E-state index contributed by atoms with van der Waals surface area (Å²) in [6.07, 6.45) is 0.821. The molecule has 1 aliphatic heterocycles. The first-order valence-electron chi connectivity index (χ1n) is 9.12. The maximum atomic E-state index is 11.3. The molecule has 2 aromatic rings. The predicted molar refractivity (Wildman–Crippen MR) is 113 cm³/mol. The number of benzene rings is 2. The van der Waals surface area contributed by atoms with Crippen LogP contribution in [0, 0.1) is 6.92 Å². The Labute approximate surface area is 181 Å². The van der Waals surface area contributed by atoms with E-state index in [4.69, 9.17) is 18.8 Å². The molecule has 10 heteroatoms. The predicted octanol–water partition coefficient (Wildman–Crippen LogP) is 2.05. The van der Waals surface area contributed by atoms with Gasteiger partial charge in [-0.2, -0.15) is 8.42 Å². The van der Waals surface area contributed by atoms with E-state index < -0.39 is 15.9 Å². The molecule has 9 nitrogen and oxygen atoms in total. The normalized spacial score (nSPS) is 14.1. The van der Waals surface area contributed by atoms with E-state index in [2.05, 4.69) is 4.74 Å². The molecule has 0 fully saturated rings. The van der Waals surface area contributed by atoms with Crippen molar-refractivity contribution >= 4 is 16.1 Å². The first-order chi connectivity index (χ1) is 14.1. The van der Waals surface area contributed by atoms with Crippen molar-refractivity contribution in [3.05, 3.63) is 59.2 Å². The van der Waals surface area contributed by atoms with Gasteiger partial charge in [0.05, 0.1) is 30.6 Å². The van der Waals surface area contributed by atoms with Gasteiger partial charge in [0.2, 0.25) is 5.79 Å². The summed E-state index contributed by atoms with van der Waals surface area (Å²) < 4.78 is 50.9. The van der Waals surface area contributed by atoms with Crippen molar-refractivity contribution in [1.29, 1.82) is 0 Å². The molecule has 1 aliphatic rings. The first-order valence-corrected chi connectivity index (χ1v) is 10.6. The molecule has 3 N–H and O–H groups in total. The van der Waals surface area contributed by atoms with Crippen LogP contribution in [0.3, 0.4) is 0 Å². The summed E-state index contributed by atoms with van der Waals surface area (Å²) in [6, 6.07) is 11.5. The molecule has 31 heavy (non-hydrogen) atoms. The van der Waals surface area contributed by atoms with Crippen molar-refractivity contribution < 1.29 is 42.2 Å². The quantitative estimate of drug-likeness (QED) is 0.409. The molecule has 1 heterocycles. The SMILES string of the molecule is COC(=O)Cc1ccc2c(c1)C(OC)(OC)CCO2.Cc1ccc(S(=O)(=O)O)cc1.O. The van der Waals surface area contributed by atoms with Gasteiger partial charge in [0.1, 0.15) is 5.75 Å². The zero-order chi connectivity index (χ0) is 22.4. The Bertz CT molecular complexity index is 965. The highest BCUT2D eigenvalue weighted by molar-refractivity contribution is 7.85. The Morgan fingerprint density at radius 3 is 2.23 bits per heavy atom. The van der Waals surface area contributed by atoms with E-state index >= 15 is 0 Å². The lowest BCUT2D eigenvalue weighted by molar-refractivity contribution is -0.230. The second-order valence-electron chi connectivity index (χ2n) is 6.63. The van der Waals surface area contributed by atoms with Crippen molar-refractivity contribution in [3.63, 3.8) is 0 Å². The van der Waals surface area contributed by atoms with Crippen LogP contribution in [0.1, 0.15) is 23.1 Å². The van der Waals surface area contributed by atoms with Crippen LogP contribution in [-0.4, -0.2) is 52.4 Å². The third kappa shape index (κ3) is 6.74. The number of ether oxygens (including phenoxy) is 4. The van der Waals surface area contributed by atoms with Crippen molar-refractivity contribution in [2.75, 3.05) is 27.9 Å². The summed E-state index contributed by atoms with van der Waals surface area (Å²) in [4.78, 5) is 11.3. The molecule has 0 amide bonds. The third-order valence-corrected chi connectivity index (χ3v) is 5.57. The number of carbonyl (C=O) groups is 1. The van der Waals surface area contributed by atoms with Gasteiger partial charge in [-0.15, -0.1) is 0 Å². The Balaban J connectivity index is 0.000000344. The fraction of sp³-hybridized carbons (Fsp3) is 0.381. The van der Waals surface area contributed by atoms with Gasteiger partial charge >= 0.3 is 5.97 Å². The molecular formula is C21H28O9S. The van der Waals surface area contributed by atoms with Crippen LogP contribution in [-0.2, 0) is 41.3 Å². The van der Waals surface area contributed by atoms with Crippen molar-refractivity contribution in [2.45, 2.75) is 30.4 Å². The molecule has 2 aromatic carbocycles. The van der Waals surface area contributed by atoms with Crippen LogP contribution in [0.2, 0.25) is 0 Å². The lowest BCUT2D eigenvalue weighted by Gasteiger charge is -2.36. The Morgan fingerprint density at radius 1 is 1.10 bits per heavy atom. The number of carbonyl (C=O) groups excluding carboxylic acids is 1. The first kappa shape index (κ1) is 26.5. The van der Waals surface area contributed by atoms with E-state index in [1.165, 1.54) is 19.2 Å². The zero-order valence-corrected chi connectivity index (χ0v) is 18.7. The molecule has 0 unspecified atom stereocenters. The fourth-order valence-corrected chi connectivity index (χ4v) is 3.48. The van der Waals surface area contributed by atoms with Crippen LogP contribution in [0.25, 0.3) is 0 Å². The Hall–Kier alpha value is -2.50. The molecule has 3 rings (SSSR count). The van der Waals surface area contributed by atoms with Crippen LogP contribution < -0.4 is 4.74 Å². The smallest absolute Gasteiger partial charge is 0.309 e. The second-order valence-corrected chi connectivity index (χ2v) is 8.05. The summed E-state index contributed by atoms with van der Waals surface area (Å²) >= 11 is 0. The zero-order valence-electron chi connectivity index (χ0n) is 17.9. The van der Waals surface area contributed by atoms with Gasteiger partial charge in [0.15, 0.2) is 0 Å². The Morgan fingerprint density at radius 2 is 1.71 bits per heavy atom. The van der Waals surface area contributed by atoms with Gasteiger partial charge in [-0.05, 0) is 36.8 Å². The van der Waals surface area contributed by atoms with Gasteiger partial charge in [-0.25, -0.2) is 0 Å². The molecule has 0 atom stereocenters. The van der Waals surface area contributed by atoms with Crippen molar-refractivity contribution in [2.24, 2.45) is 0 Å². The summed E-state index contributed by atoms with van der Waals surface area (Å²) in [5.74, 6) is -0.361. The number of methoxy groups -OCH3 is 3. The minimum atomic E-state index is -4.02. The number of hydrogen-bond donors (Lipinski definition) is 1. The molecule has 0 bridgehead atoms. The summed E-state index contributed by atoms with van der Waals surface area (Å²) in [6.45, 7) is 2.37. The Kier molecular flexibility index (Phi) is 9.60.